The fourth-order valence-corrected chi connectivity index (χ4v) is 2.23. The number of nitrogens with zero attached hydrogens (tertiary/aromatic N) is 1. The van der Waals surface area contributed by atoms with Gasteiger partial charge in [-0.3, -0.25) is 4.98 Å². The first-order valence-electron chi connectivity index (χ1n) is 3.89. The van der Waals surface area contributed by atoms with E-state index in [1.165, 1.54) is 10.5 Å². The molecule has 0 radical (unpaired) electrons. The summed E-state index contributed by atoms with van der Waals surface area (Å²) in [4.78, 5) is 5.26. The molecule has 0 aliphatic rings. The maximum atomic E-state index is 4.03. The molecular formula is C9H12BrNS. The first-order valence-corrected chi connectivity index (χ1v) is 5.89. The summed E-state index contributed by atoms with van der Waals surface area (Å²) in [5.74, 6) is 0.603. The molecule has 0 unspecified atom stereocenters. The number of halogens is 1. The molecule has 12 heavy (non-hydrogen) atoms. The van der Waals surface area contributed by atoms with Crippen LogP contribution < -0.4 is 0 Å². The number of allylic oxidation sites excluding steroid dienone is 1. The van der Waals surface area contributed by atoms with Gasteiger partial charge in [-0.2, -0.15) is 0 Å². The summed E-state index contributed by atoms with van der Waals surface area (Å²) in [5, 5.41) is 0.947. The lowest BCUT2D eigenvalue weighted by Crippen LogP contribution is -1.93. The van der Waals surface area contributed by atoms with Crippen LogP contribution in [0.2, 0.25) is 0 Å². The van der Waals surface area contributed by atoms with Gasteiger partial charge in [0.1, 0.15) is 0 Å². The monoisotopic (exact) mass is 245 g/mol. The van der Waals surface area contributed by atoms with Gasteiger partial charge in [0.25, 0.3) is 0 Å². The van der Waals surface area contributed by atoms with Crippen molar-refractivity contribution in [1.82, 2.24) is 4.98 Å². The summed E-state index contributed by atoms with van der Waals surface area (Å²) >= 11 is 5.15. The second-order valence-electron chi connectivity index (χ2n) is 2.91. The summed E-state index contributed by atoms with van der Waals surface area (Å²) in [5.41, 5.74) is 3.28. The van der Waals surface area contributed by atoms with E-state index < -0.39 is 0 Å². The van der Waals surface area contributed by atoms with Crippen LogP contribution >= 0.6 is 27.3 Å². The molecule has 1 rings (SSSR count). The van der Waals surface area contributed by atoms with Crippen LogP contribution in [0.15, 0.2) is 17.3 Å². The molecule has 0 bridgehead atoms. The zero-order chi connectivity index (χ0) is 8.97. The van der Waals surface area contributed by atoms with Crippen molar-refractivity contribution in [3.63, 3.8) is 0 Å². The molecule has 0 fully saturated rings. The predicted octanol–water partition coefficient (Wildman–Crippen LogP) is 3.58. The molecular weight excluding hydrogens is 234 g/mol. The Bertz CT molecular complexity index is 252. The first-order chi connectivity index (χ1) is 5.74. The normalized spacial score (nSPS) is 12.5. The smallest absolute Gasteiger partial charge is 0.0797 e. The standard InChI is InChI=1S/C9H12BrNS/c1-7(2)8(4-10)3-9-5-11-6-12-9/h3,5-7H,4H2,1-2H3. The van der Waals surface area contributed by atoms with Crippen LogP contribution in [0.1, 0.15) is 18.7 Å². The van der Waals surface area contributed by atoms with Crippen LogP contribution in [0.3, 0.4) is 0 Å². The summed E-state index contributed by atoms with van der Waals surface area (Å²) in [6.45, 7) is 4.41. The number of rotatable bonds is 3. The fourth-order valence-electron chi connectivity index (χ4n) is 0.839. The molecule has 0 atom stereocenters. The Kier molecular flexibility index (Phi) is 3.95. The van der Waals surface area contributed by atoms with Crippen LogP contribution in [0, 0.1) is 5.92 Å². The third-order valence-corrected chi connectivity index (χ3v) is 3.04. The molecule has 0 N–H and O–H groups in total. The van der Waals surface area contributed by atoms with E-state index in [0.717, 1.165) is 5.33 Å². The highest BCUT2D eigenvalue weighted by atomic mass is 79.9. The summed E-state index contributed by atoms with van der Waals surface area (Å²) in [6, 6.07) is 0. The number of hydrogen-bond acceptors (Lipinski definition) is 2. The van der Waals surface area contributed by atoms with Crippen molar-refractivity contribution in [1.29, 1.82) is 0 Å². The lowest BCUT2D eigenvalue weighted by Gasteiger charge is -2.05. The largest absolute Gasteiger partial charge is 0.253 e. The highest BCUT2D eigenvalue weighted by molar-refractivity contribution is 9.09. The third-order valence-electron chi connectivity index (χ3n) is 1.67. The molecule has 0 aromatic carbocycles. The van der Waals surface area contributed by atoms with Crippen molar-refractivity contribution in [3.05, 3.63) is 22.2 Å². The Morgan fingerprint density at radius 1 is 1.75 bits per heavy atom. The van der Waals surface area contributed by atoms with Crippen molar-refractivity contribution in [3.8, 4) is 0 Å². The minimum Gasteiger partial charge on any atom is -0.253 e. The first kappa shape index (κ1) is 9.93. The zero-order valence-electron chi connectivity index (χ0n) is 7.25. The molecule has 66 valence electrons. The highest BCUT2D eigenvalue weighted by Crippen LogP contribution is 2.18. The molecule has 1 nitrogen and oxygen atoms in total. The van der Waals surface area contributed by atoms with E-state index in [1.54, 1.807) is 11.3 Å². The van der Waals surface area contributed by atoms with Gasteiger partial charge >= 0.3 is 0 Å². The van der Waals surface area contributed by atoms with Crippen LogP contribution in [-0.2, 0) is 0 Å². The average Bonchev–Trinajstić information content (AvgIpc) is 2.51. The van der Waals surface area contributed by atoms with Crippen molar-refractivity contribution >= 4 is 33.3 Å². The maximum absolute atomic E-state index is 4.03. The van der Waals surface area contributed by atoms with Crippen LogP contribution in [0.4, 0.5) is 0 Å². The Morgan fingerprint density at radius 2 is 2.50 bits per heavy atom. The third kappa shape index (κ3) is 2.72. The molecule has 3 heteroatoms. The minimum atomic E-state index is 0.603. The Labute approximate surface area is 85.7 Å². The van der Waals surface area contributed by atoms with E-state index in [0.29, 0.717) is 5.92 Å². The minimum absolute atomic E-state index is 0.603. The molecule has 0 aliphatic heterocycles. The second kappa shape index (κ2) is 4.77. The number of thiazole rings is 1. The van der Waals surface area contributed by atoms with E-state index >= 15 is 0 Å². The Balaban J connectivity index is 2.78. The van der Waals surface area contributed by atoms with Crippen molar-refractivity contribution in [2.45, 2.75) is 13.8 Å². The average molecular weight is 246 g/mol. The molecule has 0 aliphatic carbocycles. The van der Waals surface area contributed by atoms with Gasteiger partial charge < -0.3 is 0 Å². The van der Waals surface area contributed by atoms with Gasteiger partial charge in [0, 0.05) is 16.4 Å². The van der Waals surface area contributed by atoms with Crippen LogP contribution in [0.25, 0.3) is 6.08 Å². The number of hydrogen-bond donors (Lipinski definition) is 0. The molecule has 0 saturated heterocycles. The SMILES string of the molecule is CC(C)C(=Cc1cncs1)CBr. The maximum Gasteiger partial charge on any atom is 0.0797 e. The quantitative estimate of drug-likeness (QED) is 0.743. The van der Waals surface area contributed by atoms with Crippen molar-refractivity contribution in [2.24, 2.45) is 5.92 Å². The van der Waals surface area contributed by atoms with Gasteiger partial charge in [-0.25, -0.2) is 0 Å². The lowest BCUT2D eigenvalue weighted by molar-refractivity contribution is 0.781. The van der Waals surface area contributed by atoms with Crippen LogP contribution in [0.5, 0.6) is 0 Å². The predicted molar refractivity (Wildman–Crippen MR) is 58.7 cm³/mol. The lowest BCUT2D eigenvalue weighted by atomic mass is 10.1. The van der Waals surface area contributed by atoms with E-state index in [-0.39, 0.29) is 0 Å². The Hall–Kier alpha value is -0.150. The van der Waals surface area contributed by atoms with Crippen molar-refractivity contribution < 1.29 is 0 Å². The molecule has 1 heterocycles. The van der Waals surface area contributed by atoms with Gasteiger partial charge in [-0.05, 0) is 12.0 Å². The number of aromatic nitrogens is 1. The zero-order valence-corrected chi connectivity index (χ0v) is 9.65. The van der Waals surface area contributed by atoms with Gasteiger partial charge in [-0.15, -0.1) is 11.3 Å². The summed E-state index contributed by atoms with van der Waals surface area (Å²) in [7, 11) is 0. The molecule has 0 amide bonds. The van der Waals surface area contributed by atoms with E-state index in [9.17, 15) is 0 Å². The van der Waals surface area contributed by atoms with E-state index in [1.807, 2.05) is 11.7 Å². The van der Waals surface area contributed by atoms with Gasteiger partial charge in [-0.1, -0.05) is 35.4 Å². The second-order valence-corrected chi connectivity index (χ2v) is 4.39. The Morgan fingerprint density at radius 3 is 2.92 bits per heavy atom. The summed E-state index contributed by atoms with van der Waals surface area (Å²) in [6.07, 6.45) is 4.10. The highest BCUT2D eigenvalue weighted by Gasteiger charge is 2.01. The van der Waals surface area contributed by atoms with Gasteiger partial charge in [0.05, 0.1) is 5.51 Å². The van der Waals surface area contributed by atoms with Crippen LogP contribution in [-0.4, -0.2) is 10.3 Å². The molecule has 0 spiro atoms. The van der Waals surface area contributed by atoms with E-state index in [4.69, 9.17) is 0 Å². The molecule has 0 saturated carbocycles. The number of alkyl halides is 1. The fraction of sp³-hybridized carbons (Fsp3) is 0.444. The van der Waals surface area contributed by atoms with E-state index in [2.05, 4.69) is 40.8 Å². The van der Waals surface area contributed by atoms with Gasteiger partial charge in [0.15, 0.2) is 0 Å². The topological polar surface area (TPSA) is 12.9 Å². The molecule has 1 aromatic rings. The van der Waals surface area contributed by atoms with Crippen molar-refractivity contribution in [2.75, 3.05) is 5.33 Å². The van der Waals surface area contributed by atoms with Gasteiger partial charge in [0.2, 0.25) is 0 Å². The summed E-state index contributed by atoms with van der Waals surface area (Å²) < 4.78 is 0. The molecule has 1 aromatic heterocycles.